The van der Waals surface area contributed by atoms with E-state index in [-0.39, 0.29) is 29.5 Å². The Hall–Kier alpha value is -1.47. The molecule has 0 aliphatic carbocycles. The van der Waals surface area contributed by atoms with Gasteiger partial charge in [-0.05, 0) is 12.1 Å². The fourth-order valence-corrected chi connectivity index (χ4v) is 1.48. The first-order valence-electron chi connectivity index (χ1n) is 5.10. The molecule has 0 spiro atoms. The van der Waals surface area contributed by atoms with E-state index in [1.807, 2.05) is 0 Å². The lowest BCUT2D eigenvalue weighted by Crippen LogP contribution is -2.19. The molecule has 0 aliphatic rings. The van der Waals surface area contributed by atoms with E-state index in [1.165, 1.54) is 18.2 Å². The quantitative estimate of drug-likeness (QED) is 0.820. The van der Waals surface area contributed by atoms with Crippen LogP contribution in [0, 0.1) is 0 Å². The minimum Gasteiger partial charge on any atom is -0.490 e. The second-order valence-electron chi connectivity index (χ2n) is 3.43. The largest absolute Gasteiger partial charge is 0.490 e. The van der Waals surface area contributed by atoms with E-state index in [9.17, 15) is 18.0 Å². The van der Waals surface area contributed by atoms with Crippen molar-refractivity contribution < 1.29 is 32.5 Å². The number of halogens is 4. The highest BCUT2D eigenvalue weighted by Gasteiger charge is 2.27. The molecule has 0 aromatic heterocycles. The molecule has 0 unspecified atom stereocenters. The molecule has 1 aromatic rings. The summed E-state index contributed by atoms with van der Waals surface area (Å²) in [6.45, 7) is -1.90. The number of rotatable bonds is 6. The van der Waals surface area contributed by atoms with Gasteiger partial charge in [0.15, 0.2) is 0 Å². The monoisotopic (exact) mass is 298 g/mol. The Morgan fingerprint density at radius 1 is 1.32 bits per heavy atom. The van der Waals surface area contributed by atoms with Gasteiger partial charge in [0.1, 0.15) is 24.5 Å². The molecule has 4 nitrogen and oxygen atoms in total. The standard InChI is InChI=1S/C11H10ClF3O4/c12-7-2-1-3-8(9(7)10(16)17)19-5-4-18-6-11(13,14)15/h1-3H,4-6H2,(H,16,17). The van der Waals surface area contributed by atoms with Gasteiger partial charge in [0, 0.05) is 0 Å². The molecule has 0 bridgehead atoms. The predicted molar refractivity (Wildman–Crippen MR) is 60.8 cm³/mol. The van der Waals surface area contributed by atoms with Gasteiger partial charge in [-0.25, -0.2) is 4.79 Å². The van der Waals surface area contributed by atoms with Crippen molar-refractivity contribution in [2.24, 2.45) is 0 Å². The maximum absolute atomic E-state index is 11.8. The first-order chi connectivity index (χ1) is 8.81. The van der Waals surface area contributed by atoms with E-state index in [0.29, 0.717) is 0 Å². The third-order valence-electron chi connectivity index (χ3n) is 1.94. The molecule has 0 saturated carbocycles. The molecule has 0 saturated heterocycles. The van der Waals surface area contributed by atoms with E-state index < -0.39 is 18.8 Å². The first-order valence-corrected chi connectivity index (χ1v) is 5.48. The smallest absolute Gasteiger partial charge is 0.411 e. The molecule has 0 radical (unpaired) electrons. The van der Waals surface area contributed by atoms with Gasteiger partial charge >= 0.3 is 12.1 Å². The number of hydrogen-bond donors (Lipinski definition) is 1. The van der Waals surface area contributed by atoms with Crippen molar-refractivity contribution in [1.29, 1.82) is 0 Å². The van der Waals surface area contributed by atoms with Crippen LogP contribution in [0.15, 0.2) is 18.2 Å². The lowest BCUT2D eigenvalue weighted by Gasteiger charge is -2.11. The summed E-state index contributed by atoms with van der Waals surface area (Å²) in [5.74, 6) is -1.30. The van der Waals surface area contributed by atoms with Gasteiger partial charge in [0.05, 0.1) is 11.6 Å². The first kappa shape index (κ1) is 15.6. The Morgan fingerprint density at radius 2 is 2.00 bits per heavy atom. The summed E-state index contributed by atoms with van der Waals surface area (Å²) in [6, 6.07) is 4.21. The number of benzene rings is 1. The molecule has 1 aromatic carbocycles. The third-order valence-corrected chi connectivity index (χ3v) is 2.26. The molecule has 106 valence electrons. The Morgan fingerprint density at radius 3 is 2.58 bits per heavy atom. The van der Waals surface area contributed by atoms with Gasteiger partial charge < -0.3 is 14.6 Å². The van der Waals surface area contributed by atoms with Gasteiger partial charge in [-0.15, -0.1) is 0 Å². The summed E-state index contributed by atoms with van der Waals surface area (Å²) >= 11 is 5.68. The van der Waals surface area contributed by atoms with Crippen LogP contribution in [0.5, 0.6) is 5.75 Å². The number of ether oxygens (including phenoxy) is 2. The number of aromatic carboxylic acids is 1. The molecular weight excluding hydrogens is 289 g/mol. The van der Waals surface area contributed by atoms with Crippen LogP contribution in [0.1, 0.15) is 10.4 Å². The van der Waals surface area contributed by atoms with Crippen molar-refractivity contribution in [3.05, 3.63) is 28.8 Å². The van der Waals surface area contributed by atoms with Crippen molar-refractivity contribution in [1.82, 2.24) is 0 Å². The van der Waals surface area contributed by atoms with E-state index in [4.69, 9.17) is 21.4 Å². The highest BCUT2D eigenvalue weighted by molar-refractivity contribution is 6.33. The van der Waals surface area contributed by atoms with Crippen LogP contribution in [-0.2, 0) is 4.74 Å². The zero-order chi connectivity index (χ0) is 14.5. The van der Waals surface area contributed by atoms with Crippen LogP contribution in [0.25, 0.3) is 0 Å². The molecule has 0 heterocycles. The van der Waals surface area contributed by atoms with Crippen molar-refractivity contribution >= 4 is 17.6 Å². The molecule has 0 fully saturated rings. The minimum absolute atomic E-state index is 0.0128. The SMILES string of the molecule is O=C(O)c1c(Cl)cccc1OCCOCC(F)(F)F. The summed E-state index contributed by atoms with van der Waals surface area (Å²) in [4.78, 5) is 10.9. The summed E-state index contributed by atoms with van der Waals surface area (Å²) < 4.78 is 44.7. The number of carbonyl (C=O) groups is 1. The topological polar surface area (TPSA) is 55.8 Å². The molecule has 0 aliphatic heterocycles. The van der Waals surface area contributed by atoms with Gasteiger partial charge in [-0.3, -0.25) is 0 Å². The number of carboxylic acids is 1. The average Bonchev–Trinajstić information content (AvgIpc) is 2.26. The van der Waals surface area contributed by atoms with Gasteiger partial charge in [-0.2, -0.15) is 13.2 Å². The molecular formula is C11H10ClF3O4. The number of alkyl halides is 3. The van der Waals surface area contributed by atoms with Crippen molar-refractivity contribution in [3.63, 3.8) is 0 Å². The predicted octanol–water partition coefficient (Wildman–Crippen LogP) is 3.00. The van der Waals surface area contributed by atoms with Crippen molar-refractivity contribution in [2.75, 3.05) is 19.8 Å². The number of hydrogen-bond acceptors (Lipinski definition) is 3. The van der Waals surface area contributed by atoms with Crippen LogP contribution >= 0.6 is 11.6 Å². The van der Waals surface area contributed by atoms with Gasteiger partial charge in [0.2, 0.25) is 0 Å². The van der Waals surface area contributed by atoms with Crippen molar-refractivity contribution in [3.8, 4) is 5.75 Å². The molecule has 8 heteroatoms. The lowest BCUT2D eigenvalue weighted by atomic mass is 10.2. The van der Waals surface area contributed by atoms with E-state index in [2.05, 4.69) is 4.74 Å². The molecule has 1 rings (SSSR count). The Bertz CT molecular complexity index is 448. The lowest BCUT2D eigenvalue weighted by molar-refractivity contribution is -0.175. The summed E-state index contributed by atoms with van der Waals surface area (Å²) in [7, 11) is 0. The fourth-order valence-electron chi connectivity index (χ4n) is 1.23. The molecule has 1 N–H and O–H groups in total. The zero-order valence-corrected chi connectivity index (χ0v) is 10.3. The van der Waals surface area contributed by atoms with E-state index in [0.717, 1.165) is 0 Å². The molecule has 0 atom stereocenters. The van der Waals surface area contributed by atoms with Crippen LogP contribution in [0.3, 0.4) is 0 Å². The van der Waals surface area contributed by atoms with Crippen LogP contribution in [-0.4, -0.2) is 37.1 Å². The maximum Gasteiger partial charge on any atom is 0.411 e. The maximum atomic E-state index is 11.8. The highest BCUT2D eigenvalue weighted by atomic mass is 35.5. The van der Waals surface area contributed by atoms with E-state index in [1.54, 1.807) is 0 Å². The molecule has 0 amide bonds. The zero-order valence-electron chi connectivity index (χ0n) is 9.54. The van der Waals surface area contributed by atoms with Crippen LogP contribution < -0.4 is 4.74 Å². The average molecular weight is 299 g/mol. The van der Waals surface area contributed by atoms with Gasteiger partial charge in [0.25, 0.3) is 0 Å². The normalized spacial score (nSPS) is 11.4. The van der Waals surface area contributed by atoms with Crippen LogP contribution in [0.2, 0.25) is 5.02 Å². The Balaban J connectivity index is 2.50. The Kier molecular flexibility index (Phi) is 5.44. The van der Waals surface area contributed by atoms with Crippen molar-refractivity contribution in [2.45, 2.75) is 6.18 Å². The van der Waals surface area contributed by atoms with Crippen LogP contribution in [0.4, 0.5) is 13.2 Å². The van der Waals surface area contributed by atoms with E-state index >= 15 is 0 Å². The minimum atomic E-state index is -4.40. The summed E-state index contributed by atoms with van der Waals surface area (Å²) in [5.41, 5.74) is -0.236. The summed E-state index contributed by atoms with van der Waals surface area (Å²) in [5, 5.41) is 8.90. The molecule has 19 heavy (non-hydrogen) atoms. The fraction of sp³-hybridized carbons (Fsp3) is 0.364. The Labute approximate surface area is 111 Å². The second-order valence-corrected chi connectivity index (χ2v) is 3.84. The highest BCUT2D eigenvalue weighted by Crippen LogP contribution is 2.26. The number of carboxylic acid groups (broad SMARTS) is 1. The van der Waals surface area contributed by atoms with Gasteiger partial charge in [-0.1, -0.05) is 17.7 Å². The third kappa shape index (κ3) is 5.35. The second kappa shape index (κ2) is 6.63. The summed E-state index contributed by atoms with van der Waals surface area (Å²) in [6.07, 6.45) is -4.40.